The van der Waals surface area contributed by atoms with Crippen LogP contribution in [0.2, 0.25) is 0 Å². The van der Waals surface area contributed by atoms with Crippen molar-refractivity contribution >= 4 is 5.69 Å². The van der Waals surface area contributed by atoms with Gasteiger partial charge < -0.3 is 0 Å². The minimum atomic E-state index is 0.153. The second-order valence-corrected chi connectivity index (χ2v) is 2.79. The average molecular weight is 172 g/mol. The first kappa shape index (κ1) is 9.59. The lowest BCUT2D eigenvalue weighted by Crippen LogP contribution is -2.13. The van der Waals surface area contributed by atoms with Crippen LogP contribution >= 0.6 is 0 Å². The van der Waals surface area contributed by atoms with Crippen LogP contribution in [0.5, 0.6) is 0 Å². The Morgan fingerprint density at radius 2 is 1.92 bits per heavy atom. The minimum absolute atomic E-state index is 0.153. The second kappa shape index (κ2) is 5.20. The lowest BCUT2D eigenvalue weighted by Gasteiger charge is -2.10. The molecule has 0 amide bonds. The molecule has 1 nitrogen and oxygen atoms in total. The molecule has 1 aromatic rings. The standard InChI is InChI=1S/C12H14N/c1-3-8-11(4-2)13-12-9-6-5-7-10-12/h3-7,9-11H,1-2,8H2. The summed E-state index contributed by atoms with van der Waals surface area (Å²) in [4.78, 5) is 0. The normalized spacial score (nSPS) is 11.7. The van der Waals surface area contributed by atoms with Crippen molar-refractivity contribution in [2.24, 2.45) is 0 Å². The monoisotopic (exact) mass is 172 g/mol. The first-order chi connectivity index (χ1) is 6.36. The van der Waals surface area contributed by atoms with Crippen LogP contribution in [0.25, 0.3) is 0 Å². The van der Waals surface area contributed by atoms with Gasteiger partial charge in [-0.15, -0.1) is 13.2 Å². The van der Waals surface area contributed by atoms with Gasteiger partial charge in [0.25, 0.3) is 0 Å². The van der Waals surface area contributed by atoms with Crippen LogP contribution in [0.3, 0.4) is 0 Å². The summed E-state index contributed by atoms with van der Waals surface area (Å²) in [5.74, 6) is 0. The summed E-state index contributed by atoms with van der Waals surface area (Å²) in [6.45, 7) is 7.42. The molecule has 0 aliphatic rings. The Labute approximate surface area is 79.8 Å². The molecule has 0 N–H and O–H groups in total. The van der Waals surface area contributed by atoms with Gasteiger partial charge in [-0.25, -0.2) is 0 Å². The van der Waals surface area contributed by atoms with Crippen LogP contribution in [-0.4, -0.2) is 6.04 Å². The third-order valence-corrected chi connectivity index (χ3v) is 1.75. The van der Waals surface area contributed by atoms with Gasteiger partial charge in [0, 0.05) is 0 Å². The van der Waals surface area contributed by atoms with Gasteiger partial charge in [0.05, 0.1) is 11.7 Å². The molecule has 0 saturated carbocycles. The van der Waals surface area contributed by atoms with Crippen LogP contribution in [0, 0.1) is 0 Å². The summed E-state index contributed by atoms with van der Waals surface area (Å²) >= 11 is 0. The Morgan fingerprint density at radius 1 is 1.23 bits per heavy atom. The Morgan fingerprint density at radius 3 is 2.46 bits per heavy atom. The number of para-hydroxylation sites is 1. The van der Waals surface area contributed by atoms with E-state index in [0.29, 0.717) is 0 Å². The molecule has 0 saturated heterocycles. The fraction of sp³-hybridized carbons (Fsp3) is 0.167. The largest absolute Gasteiger partial charge is 0.278 e. The highest BCUT2D eigenvalue weighted by Gasteiger charge is 2.02. The number of rotatable bonds is 5. The SMILES string of the molecule is C=CCC(C=C)[N]c1ccccc1. The molecule has 1 atom stereocenters. The van der Waals surface area contributed by atoms with Crippen molar-refractivity contribution in [3.05, 3.63) is 55.6 Å². The fourth-order valence-corrected chi connectivity index (χ4v) is 1.08. The third kappa shape index (κ3) is 3.16. The molecule has 67 valence electrons. The number of nitrogens with zero attached hydrogens (tertiary/aromatic N) is 1. The molecule has 1 heteroatoms. The Balaban J connectivity index is 2.56. The summed E-state index contributed by atoms with van der Waals surface area (Å²) < 4.78 is 0. The maximum absolute atomic E-state index is 4.48. The van der Waals surface area contributed by atoms with E-state index in [2.05, 4.69) is 18.5 Å². The van der Waals surface area contributed by atoms with Crippen molar-refractivity contribution in [3.63, 3.8) is 0 Å². The Hall–Kier alpha value is -1.50. The molecule has 0 heterocycles. The van der Waals surface area contributed by atoms with Crippen molar-refractivity contribution in [1.82, 2.24) is 5.32 Å². The van der Waals surface area contributed by atoms with Gasteiger partial charge in [0.1, 0.15) is 0 Å². The molecule has 0 aromatic heterocycles. The number of benzene rings is 1. The molecule has 1 radical (unpaired) electrons. The van der Waals surface area contributed by atoms with Crippen LogP contribution in [-0.2, 0) is 0 Å². The molecule has 1 rings (SSSR count). The maximum Gasteiger partial charge on any atom is 0.0718 e. The van der Waals surface area contributed by atoms with Gasteiger partial charge in [-0.05, 0) is 18.6 Å². The minimum Gasteiger partial charge on any atom is -0.278 e. The predicted octanol–water partition coefficient (Wildman–Crippen LogP) is 3.05. The third-order valence-electron chi connectivity index (χ3n) is 1.75. The van der Waals surface area contributed by atoms with E-state index in [-0.39, 0.29) is 6.04 Å². The van der Waals surface area contributed by atoms with Crippen LogP contribution < -0.4 is 5.32 Å². The van der Waals surface area contributed by atoms with E-state index >= 15 is 0 Å². The quantitative estimate of drug-likeness (QED) is 0.606. The van der Waals surface area contributed by atoms with Gasteiger partial charge >= 0.3 is 0 Å². The number of hydrogen-bond acceptors (Lipinski definition) is 0. The summed E-state index contributed by atoms with van der Waals surface area (Å²) in [7, 11) is 0. The summed E-state index contributed by atoms with van der Waals surface area (Å²) in [6, 6.07) is 10.1. The van der Waals surface area contributed by atoms with Gasteiger partial charge in [0.2, 0.25) is 0 Å². The molecule has 1 unspecified atom stereocenters. The molecule has 0 fully saturated rings. The van der Waals surface area contributed by atoms with E-state index in [0.717, 1.165) is 12.1 Å². The van der Waals surface area contributed by atoms with Gasteiger partial charge in [0.15, 0.2) is 0 Å². The predicted molar refractivity (Wildman–Crippen MR) is 57.0 cm³/mol. The van der Waals surface area contributed by atoms with Crippen molar-refractivity contribution in [3.8, 4) is 0 Å². The number of hydrogen-bond donors (Lipinski definition) is 0. The highest BCUT2D eigenvalue weighted by molar-refractivity contribution is 5.35. The van der Waals surface area contributed by atoms with Crippen molar-refractivity contribution in [2.45, 2.75) is 12.5 Å². The van der Waals surface area contributed by atoms with Crippen molar-refractivity contribution in [2.75, 3.05) is 0 Å². The van der Waals surface area contributed by atoms with E-state index in [1.807, 2.05) is 42.5 Å². The Bertz CT molecular complexity index is 264. The molecule has 1 aromatic carbocycles. The highest BCUT2D eigenvalue weighted by Crippen LogP contribution is 2.09. The van der Waals surface area contributed by atoms with Crippen molar-refractivity contribution in [1.29, 1.82) is 0 Å². The maximum atomic E-state index is 4.48. The van der Waals surface area contributed by atoms with E-state index in [9.17, 15) is 0 Å². The zero-order chi connectivity index (χ0) is 9.52. The van der Waals surface area contributed by atoms with E-state index in [1.165, 1.54) is 0 Å². The van der Waals surface area contributed by atoms with Gasteiger partial charge in [-0.3, -0.25) is 5.32 Å². The fourth-order valence-electron chi connectivity index (χ4n) is 1.08. The van der Waals surface area contributed by atoms with E-state index in [1.54, 1.807) is 0 Å². The molecule has 0 spiro atoms. The summed E-state index contributed by atoms with van der Waals surface area (Å²) in [5, 5.41) is 4.48. The van der Waals surface area contributed by atoms with Gasteiger partial charge in [-0.2, -0.15) is 0 Å². The van der Waals surface area contributed by atoms with Crippen LogP contribution in [0.15, 0.2) is 55.6 Å². The van der Waals surface area contributed by atoms with E-state index < -0.39 is 0 Å². The van der Waals surface area contributed by atoms with Crippen LogP contribution in [0.4, 0.5) is 5.69 Å². The molecule has 13 heavy (non-hydrogen) atoms. The Kier molecular flexibility index (Phi) is 3.83. The zero-order valence-electron chi connectivity index (χ0n) is 7.69. The zero-order valence-corrected chi connectivity index (χ0v) is 7.69. The molecule has 0 bridgehead atoms. The van der Waals surface area contributed by atoms with E-state index in [4.69, 9.17) is 0 Å². The van der Waals surface area contributed by atoms with Crippen molar-refractivity contribution < 1.29 is 0 Å². The first-order valence-electron chi connectivity index (χ1n) is 4.36. The smallest absolute Gasteiger partial charge is 0.0718 e. The summed E-state index contributed by atoms with van der Waals surface area (Å²) in [6.07, 6.45) is 4.55. The molecular weight excluding hydrogens is 158 g/mol. The first-order valence-corrected chi connectivity index (χ1v) is 4.36. The molecule has 0 aliphatic heterocycles. The summed E-state index contributed by atoms with van der Waals surface area (Å²) in [5.41, 5.74) is 0.995. The second-order valence-electron chi connectivity index (χ2n) is 2.79. The lowest BCUT2D eigenvalue weighted by atomic mass is 10.2. The highest BCUT2D eigenvalue weighted by atomic mass is 14.9. The van der Waals surface area contributed by atoms with Crippen LogP contribution in [0.1, 0.15) is 6.42 Å². The molecular formula is C12H14N. The van der Waals surface area contributed by atoms with Gasteiger partial charge in [-0.1, -0.05) is 30.4 Å². The average Bonchev–Trinajstić information content (AvgIpc) is 2.19. The molecule has 0 aliphatic carbocycles. The lowest BCUT2D eigenvalue weighted by molar-refractivity contribution is 0.708. The topological polar surface area (TPSA) is 14.1 Å².